The lowest BCUT2D eigenvalue weighted by Crippen LogP contribution is -1.99. The van der Waals surface area contributed by atoms with E-state index in [2.05, 4.69) is 34.3 Å². The summed E-state index contributed by atoms with van der Waals surface area (Å²) in [6.45, 7) is 0.706. The minimum Gasteiger partial charge on any atom is -0.267 e. The van der Waals surface area contributed by atoms with Crippen molar-refractivity contribution in [3.8, 4) is 10.6 Å². The molecule has 3 aromatic rings. The van der Waals surface area contributed by atoms with Crippen LogP contribution in [-0.4, -0.2) is 14.8 Å². The Kier molecular flexibility index (Phi) is 4.05. The van der Waals surface area contributed by atoms with Crippen LogP contribution in [0.15, 0.2) is 42.0 Å². The molecule has 0 aliphatic heterocycles. The molecule has 1 aromatic carbocycles. The van der Waals surface area contributed by atoms with Crippen molar-refractivity contribution in [1.82, 2.24) is 14.8 Å². The van der Waals surface area contributed by atoms with E-state index in [0.717, 1.165) is 16.3 Å². The largest absolute Gasteiger partial charge is 0.267 e. The molecule has 0 fully saturated rings. The average Bonchev–Trinajstić information content (AvgIpc) is 3.09. The van der Waals surface area contributed by atoms with E-state index in [1.54, 1.807) is 17.5 Å². The second kappa shape index (κ2) is 5.95. The van der Waals surface area contributed by atoms with Crippen molar-refractivity contribution >= 4 is 34.5 Å². The van der Waals surface area contributed by atoms with Crippen LogP contribution in [0.25, 0.3) is 10.6 Å². The van der Waals surface area contributed by atoms with Gasteiger partial charge >= 0.3 is 0 Å². The van der Waals surface area contributed by atoms with E-state index in [9.17, 15) is 0 Å². The lowest BCUT2D eigenvalue weighted by molar-refractivity contribution is 0.687. The monoisotopic (exact) mass is 323 g/mol. The first-order chi connectivity index (χ1) is 9.74. The van der Waals surface area contributed by atoms with Gasteiger partial charge < -0.3 is 0 Å². The van der Waals surface area contributed by atoms with Crippen LogP contribution in [0.2, 0.25) is 5.02 Å². The number of thiazole rings is 1. The molecule has 3 nitrogen and oxygen atoms in total. The van der Waals surface area contributed by atoms with Crippen molar-refractivity contribution in [3.05, 3.63) is 58.3 Å². The molecule has 0 unspecified atom stereocenters. The Labute approximate surface area is 130 Å². The Morgan fingerprint density at radius 2 is 2.00 bits per heavy atom. The molecule has 0 saturated carbocycles. The van der Waals surface area contributed by atoms with Gasteiger partial charge in [0.25, 0.3) is 0 Å². The summed E-state index contributed by atoms with van der Waals surface area (Å²) in [6.07, 6.45) is 3.45. The summed E-state index contributed by atoms with van der Waals surface area (Å²) >= 11 is 13.2. The fraction of sp³-hybridized carbons (Fsp3) is 0.143. The van der Waals surface area contributed by atoms with Crippen molar-refractivity contribution in [1.29, 1.82) is 0 Å². The lowest BCUT2D eigenvalue weighted by Gasteiger charge is -2.03. The van der Waals surface area contributed by atoms with Gasteiger partial charge in [0.15, 0.2) is 0 Å². The number of benzene rings is 1. The Hall–Kier alpha value is -1.36. The fourth-order valence-electron chi connectivity index (χ4n) is 1.87. The second-order valence-electron chi connectivity index (χ2n) is 4.33. The van der Waals surface area contributed by atoms with Crippen LogP contribution >= 0.6 is 34.5 Å². The highest BCUT2D eigenvalue weighted by Gasteiger charge is 2.04. The zero-order chi connectivity index (χ0) is 13.9. The smallest absolute Gasteiger partial charge is 0.123 e. The van der Waals surface area contributed by atoms with E-state index in [-0.39, 0.29) is 0 Å². The van der Waals surface area contributed by atoms with Crippen LogP contribution in [0.3, 0.4) is 0 Å². The third-order valence-corrected chi connectivity index (χ3v) is 4.25. The molecular formula is C14H11Cl2N3S. The molecule has 102 valence electrons. The Morgan fingerprint density at radius 3 is 2.60 bits per heavy atom. The van der Waals surface area contributed by atoms with Gasteiger partial charge in [-0.1, -0.05) is 35.9 Å². The van der Waals surface area contributed by atoms with Gasteiger partial charge in [0.05, 0.1) is 29.3 Å². The van der Waals surface area contributed by atoms with E-state index in [4.69, 9.17) is 23.2 Å². The van der Waals surface area contributed by atoms with E-state index < -0.39 is 0 Å². The first kappa shape index (κ1) is 13.6. The van der Waals surface area contributed by atoms with Crippen LogP contribution < -0.4 is 0 Å². The second-order valence-corrected chi connectivity index (χ2v) is 5.89. The number of nitrogens with zero attached hydrogens (tertiary/aromatic N) is 3. The van der Waals surface area contributed by atoms with Gasteiger partial charge in [-0.3, -0.25) is 4.68 Å². The van der Waals surface area contributed by atoms with Crippen molar-refractivity contribution in [2.75, 3.05) is 0 Å². The van der Waals surface area contributed by atoms with Gasteiger partial charge in [-0.05, 0) is 5.56 Å². The third kappa shape index (κ3) is 3.03. The molecule has 3 rings (SSSR count). The molecule has 2 aromatic heterocycles. The predicted molar refractivity (Wildman–Crippen MR) is 83.4 cm³/mol. The quantitative estimate of drug-likeness (QED) is 0.664. The summed E-state index contributed by atoms with van der Waals surface area (Å²) in [5.41, 5.74) is 3.19. The van der Waals surface area contributed by atoms with Crippen molar-refractivity contribution < 1.29 is 0 Å². The molecule has 0 atom stereocenters. The summed E-state index contributed by atoms with van der Waals surface area (Å²) < 4.78 is 1.81. The molecule has 0 bridgehead atoms. The van der Waals surface area contributed by atoms with Crippen LogP contribution in [-0.2, 0) is 12.4 Å². The van der Waals surface area contributed by atoms with Gasteiger partial charge in [0, 0.05) is 17.1 Å². The molecule has 0 spiro atoms. The van der Waals surface area contributed by atoms with Gasteiger partial charge in [-0.15, -0.1) is 22.9 Å². The zero-order valence-corrected chi connectivity index (χ0v) is 12.8. The number of alkyl halides is 1. The molecule has 20 heavy (non-hydrogen) atoms. The number of hydrogen-bond acceptors (Lipinski definition) is 3. The summed E-state index contributed by atoms with van der Waals surface area (Å²) in [7, 11) is 0. The van der Waals surface area contributed by atoms with E-state index >= 15 is 0 Å². The number of rotatable bonds is 4. The van der Waals surface area contributed by atoms with Crippen molar-refractivity contribution in [2.24, 2.45) is 0 Å². The lowest BCUT2D eigenvalue weighted by atomic mass is 10.1. The van der Waals surface area contributed by atoms with Crippen molar-refractivity contribution in [2.45, 2.75) is 12.4 Å². The zero-order valence-electron chi connectivity index (χ0n) is 10.5. The first-order valence-electron chi connectivity index (χ1n) is 6.02. The topological polar surface area (TPSA) is 30.7 Å². The number of hydrogen-bond donors (Lipinski definition) is 0. The Bertz CT molecular complexity index is 703. The highest BCUT2D eigenvalue weighted by Crippen LogP contribution is 2.24. The van der Waals surface area contributed by atoms with Gasteiger partial charge in [-0.2, -0.15) is 5.10 Å². The Morgan fingerprint density at radius 1 is 1.20 bits per heavy atom. The summed E-state index contributed by atoms with van der Waals surface area (Å²) in [5, 5.41) is 7.80. The molecule has 2 heterocycles. The molecule has 0 aliphatic rings. The molecule has 0 N–H and O–H groups in total. The van der Waals surface area contributed by atoms with E-state index in [0.29, 0.717) is 17.4 Å². The maximum absolute atomic E-state index is 5.85. The average molecular weight is 324 g/mol. The minimum absolute atomic E-state index is 0.453. The SMILES string of the molecule is ClCc1csc(-c2ccc(Cn3cc(Cl)cn3)cc2)n1. The van der Waals surface area contributed by atoms with Crippen LogP contribution in [0.5, 0.6) is 0 Å². The molecule has 6 heteroatoms. The predicted octanol–water partition coefficient (Wildman–Crippen LogP) is 4.45. The third-order valence-electron chi connectivity index (χ3n) is 2.84. The highest BCUT2D eigenvalue weighted by atomic mass is 35.5. The van der Waals surface area contributed by atoms with Gasteiger partial charge in [-0.25, -0.2) is 4.98 Å². The standard InChI is InChI=1S/C14H11Cl2N3S/c15-5-13-9-20-14(18-13)11-3-1-10(2-4-11)7-19-8-12(16)6-17-19/h1-4,6,8-9H,5,7H2. The Balaban J connectivity index is 1.77. The van der Waals surface area contributed by atoms with Crippen LogP contribution in [0.1, 0.15) is 11.3 Å². The number of halogens is 2. The molecule has 0 saturated heterocycles. The number of aromatic nitrogens is 3. The summed E-state index contributed by atoms with van der Waals surface area (Å²) in [5.74, 6) is 0.453. The summed E-state index contributed by atoms with van der Waals surface area (Å²) in [4.78, 5) is 4.47. The minimum atomic E-state index is 0.453. The highest BCUT2D eigenvalue weighted by molar-refractivity contribution is 7.13. The van der Waals surface area contributed by atoms with Crippen LogP contribution in [0.4, 0.5) is 0 Å². The molecule has 0 radical (unpaired) electrons. The fourth-order valence-corrected chi connectivity index (χ4v) is 3.08. The maximum Gasteiger partial charge on any atom is 0.123 e. The van der Waals surface area contributed by atoms with Gasteiger partial charge in [0.2, 0.25) is 0 Å². The maximum atomic E-state index is 5.85. The van der Waals surface area contributed by atoms with Gasteiger partial charge in [0.1, 0.15) is 5.01 Å². The van der Waals surface area contributed by atoms with Crippen LogP contribution in [0, 0.1) is 0 Å². The molecule has 0 aliphatic carbocycles. The van der Waals surface area contributed by atoms with E-state index in [1.165, 1.54) is 5.56 Å². The summed E-state index contributed by atoms with van der Waals surface area (Å²) in [6, 6.07) is 8.29. The first-order valence-corrected chi connectivity index (χ1v) is 7.81. The molecule has 0 amide bonds. The normalized spacial score (nSPS) is 10.9. The van der Waals surface area contributed by atoms with E-state index in [1.807, 2.05) is 16.3 Å². The van der Waals surface area contributed by atoms with Crippen molar-refractivity contribution in [3.63, 3.8) is 0 Å². The molecular weight excluding hydrogens is 313 g/mol.